The molecule has 0 radical (unpaired) electrons. The van der Waals surface area contributed by atoms with Crippen molar-refractivity contribution in [2.75, 3.05) is 12.0 Å². The highest BCUT2D eigenvalue weighted by Crippen LogP contribution is 2.29. The molecule has 1 saturated carbocycles. The number of benzene rings is 1. The Labute approximate surface area is 146 Å². The Kier molecular flexibility index (Phi) is 4.00. The van der Waals surface area contributed by atoms with E-state index >= 15 is 0 Å². The molecule has 6 nitrogen and oxygen atoms in total. The highest BCUT2D eigenvalue weighted by Gasteiger charge is 2.29. The van der Waals surface area contributed by atoms with Gasteiger partial charge < -0.3 is 5.32 Å². The number of aromatic amines is 1. The Morgan fingerprint density at radius 2 is 1.88 bits per heavy atom. The molecule has 1 aliphatic carbocycles. The molecule has 0 amide bonds. The van der Waals surface area contributed by atoms with Crippen LogP contribution in [0.15, 0.2) is 27.8 Å². The maximum atomic E-state index is 12.6. The van der Waals surface area contributed by atoms with Crippen LogP contribution < -0.4 is 16.6 Å². The Morgan fingerprint density at radius 1 is 1.12 bits per heavy atom. The van der Waals surface area contributed by atoms with Crippen molar-refractivity contribution in [1.82, 2.24) is 14.5 Å². The lowest BCUT2D eigenvalue weighted by atomic mass is 10.1. The summed E-state index contributed by atoms with van der Waals surface area (Å²) in [5.41, 5.74) is 2.96. The lowest BCUT2D eigenvalue weighted by Gasteiger charge is -2.34. The Morgan fingerprint density at radius 3 is 2.64 bits per heavy atom. The number of nitrogens with one attached hydrogen (secondary N) is 2. The first kappa shape index (κ1) is 16.1. The quantitative estimate of drug-likeness (QED) is 0.880. The molecule has 0 spiro atoms. The van der Waals surface area contributed by atoms with Gasteiger partial charge in [-0.05, 0) is 43.9 Å². The summed E-state index contributed by atoms with van der Waals surface area (Å²) in [6, 6.07) is 6.42. The molecular weight excluding hydrogens is 316 g/mol. The van der Waals surface area contributed by atoms with Crippen LogP contribution in [-0.4, -0.2) is 27.2 Å². The molecule has 1 aromatic heterocycles. The summed E-state index contributed by atoms with van der Waals surface area (Å²) in [5.74, 6) is 0.636. The molecule has 1 aromatic carbocycles. The van der Waals surface area contributed by atoms with Gasteiger partial charge in [0.15, 0.2) is 0 Å². The molecule has 6 heteroatoms. The first-order valence-corrected chi connectivity index (χ1v) is 8.99. The third kappa shape index (κ3) is 2.70. The van der Waals surface area contributed by atoms with Crippen molar-refractivity contribution in [3.8, 4) is 5.69 Å². The van der Waals surface area contributed by atoms with Crippen LogP contribution in [0.2, 0.25) is 0 Å². The third-order valence-corrected chi connectivity index (χ3v) is 5.68. The Bertz CT molecular complexity index is 922. The number of anilines is 1. The monoisotopic (exact) mass is 340 g/mol. The Balaban J connectivity index is 1.83. The molecule has 2 aromatic rings. The van der Waals surface area contributed by atoms with Gasteiger partial charge in [-0.15, -0.1) is 0 Å². The van der Waals surface area contributed by atoms with E-state index in [1.165, 1.54) is 25.7 Å². The molecule has 2 heterocycles. The minimum absolute atomic E-state index is 0.281. The zero-order chi connectivity index (χ0) is 17.6. The number of fused-ring (bicyclic) bond motifs is 1. The number of aryl methyl sites for hydroxylation is 1. The first-order chi connectivity index (χ1) is 12.1. The maximum absolute atomic E-state index is 12.6. The summed E-state index contributed by atoms with van der Waals surface area (Å²) in [7, 11) is 0. The zero-order valence-electron chi connectivity index (χ0n) is 14.8. The summed E-state index contributed by atoms with van der Waals surface area (Å²) in [4.78, 5) is 29.8. The van der Waals surface area contributed by atoms with E-state index in [1.54, 1.807) is 4.57 Å². The molecule has 4 rings (SSSR count). The molecule has 2 N–H and O–H groups in total. The lowest BCUT2D eigenvalue weighted by molar-refractivity contribution is 0.195. The first-order valence-electron chi connectivity index (χ1n) is 8.99. The summed E-state index contributed by atoms with van der Waals surface area (Å²) < 4.78 is 1.62. The van der Waals surface area contributed by atoms with Gasteiger partial charge in [-0.1, -0.05) is 25.0 Å². The van der Waals surface area contributed by atoms with Crippen LogP contribution in [0.5, 0.6) is 0 Å². The number of rotatable bonds is 2. The number of hydrogen-bond donors (Lipinski definition) is 2. The number of aromatic nitrogens is 2. The maximum Gasteiger partial charge on any atom is 0.334 e. The molecule has 0 atom stereocenters. The van der Waals surface area contributed by atoms with Crippen molar-refractivity contribution in [1.29, 1.82) is 0 Å². The normalized spacial score (nSPS) is 18.2. The van der Waals surface area contributed by atoms with E-state index < -0.39 is 0 Å². The number of hydrogen-bond acceptors (Lipinski definition) is 4. The topological polar surface area (TPSA) is 70.1 Å². The fourth-order valence-electron chi connectivity index (χ4n) is 4.08. The Hall–Kier alpha value is -2.34. The molecule has 0 saturated heterocycles. The van der Waals surface area contributed by atoms with E-state index in [1.807, 2.05) is 32.0 Å². The van der Waals surface area contributed by atoms with E-state index in [4.69, 9.17) is 0 Å². The zero-order valence-corrected chi connectivity index (χ0v) is 14.8. The third-order valence-electron chi connectivity index (χ3n) is 5.68. The second-order valence-corrected chi connectivity index (χ2v) is 7.16. The van der Waals surface area contributed by atoms with Crippen molar-refractivity contribution in [3.63, 3.8) is 0 Å². The van der Waals surface area contributed by atoms with Crippen molar-refractivity contribution in [2.45, 2.75) is 52.1 Å². The fourth-order valence-corrected chi connectivity index (χ4v) is 4.08. The lowest BCUT2D eigenvalue weighted by Crippen LogP contribution is -2.46. The van der Waals surface area contributed by atoms with Gasteiger partial charge >= 0.3 is 5.69 Å². The van der Waals surface area contributed by atoms with Crippen molar-refractivity contribution < 1.29 is 0 Å². The molecule has 132 valence electrons. The number of nitrogens with zero attached hydrogens (tertiary/aromatic N) is 2. The average Bonchev–Trinajstić information content (AvgIpc) is 3.13. The summed E-state index contributed by atoms with van der Waals surface area (Å²) in [6.07, 6.45) is 4.88. The van der Waals surface area contributed by atoms with Gasteiger partial charge in [0, 0.05) is 12.6 Å². The molecule has 25 heavy (non-hydrogen) atoms. The molecule has 0 unspecified atom stereocenters. The van der Waals surface area contributed by atoms with Crippen LogP contribution in [0.4, 0.5) is 5.82 Å². The van der Waals surface area contributed by atoms with E-state index in [0.717, 1.165) is 16.8 Å². The fraction of sp³-hybridized carbons (Fsp3) is 0.474. The molecule has 2 aliphatic rings. The van der Waals surface area contributed by atoms with Crippen molar-refractivity contribution >= 4 is 5.82 Å². The van der Waals surface area contributed by atoms with Gasteiger partial charge in [-0.2, -0.15) is 0 Å². The molecule has 1 aliphatic heterocycles. The number of H-pyrrole nitrogens is 1. The minimum Gasteiger partial charge on any atom is -0.358 e. The van der Waals surface area contributed by atoms with Gasteiger partial charge in [0.25, 0.3) is 5.56 Å². The van der Waals surface area contributed by atoms with Gasteiger partial charge in [-0.25, -0.2) is 9.36 Å². The van der Waals surface area contributed by atoms with Crippen LogP contribution in [0.25, 0.3) is 5.69 Å². The van der Waals surface area contributed by atoms with Gasteiger partial charge in [0.1, 0.15) is 5.82 Å². The van der Waals surface area contributed by atoms with E-state index in [-0.39, 0.29) is 11.2 Å². The van der Waals surface area contributed by atoms with Gasteiger partial charge in [0.05, 0.1) is 17.9 Å². The smallest absolute Gasteiger partial charge is 0.334 e. The molecular formula is C19H24N4O2. The molecule has 1 fully saturated rings. The summed E-state index contributed by atoms with van der Waals surface area (Å²) in [5, 5.41) is 3.35. The predicted octanol–water partition coefficient (Wildman–Crippen LogP) is 2.27. The van der Waals surface area contributed by atoms with Crippen LogP contribution in [-0.2, 0) is 6.54 Å². The van der Waals surface area contributed by atoms with Gasteiger partial charge in [0.2, 0.25) is 0 Å². The molecule has 0 bridgehead atoms. The van der Waals surface area contributed by atoms with E-state index in [2.05, 4.69) is 15.2 Å². The predicted molar refractivity (Wildman–Crippen MR) is 98.4 cm³/mol. The minimum atomic E-state index is -0.390. The second kappa shape index (κ2) is 6.19. The van der Waals surface area contributed by atoms with Crippen LogP contribution in [0, 0.1) is 13.8 Å². The van der Waals surface area contributed by atoms with Crippen LogP contribution in [0.3, 0.4) is 0 Å². The SMILES string of the molecule is Cc1cccc(-n2c3c(c(=O)[nH]c2=O)CN(C2CCCC2)CN3)c1C. The largest absolute Gasteiger partial charge is 0.358 e. The van der Waals surface area contributed by atoms with Gasteiger partial charge in [-0.3, -0.25) is 14.7 Å². The second-order valence-electron chi connectivity index (χ2n) is 7.16. The summed E-state index contributed by atoms with van der Waals surface area (Å²) >= 11 is 0. The highest BCUT2D eigenvalue weighted by atomic mass is 16.2. The van der Waals surface area contributed by atoms with Crippen LogP contribution in [0.1, 0.15) is 42.4 Å². The van der Waals surface area contributed by atoms with Crippen molar-refractivity contribution in [2.24, 2.45) is 0 Å². The van der Waals surface area contributed by atoms with Crippen LogP contribution >= 0.6 is 0 Å². The van der Waals surface area contributed by atoms with E-state index in [0.29, 0.717) is 30.6 Å². The summed E-state index contributed by atoms with van der Waals surface area (Å²) in [6.45, 7) is 5.29. The average molecular weight is 340 g/mol. The standard InChI is InChI=1S/C19H24N4O2/c1-12-6-5-9-16(13(12)2)23-17-15(18(24)21-19(23)25)10-22(11-20-17)14-7-3-4-8-14/h5-6,9,14,20H,3-4,7-8,10-11H2,1-2H3,(H,21,24,25). The van der Waals surface area contributed by atoms with E-state index in [9.17, 15) is 9.59 Å². The highest BCUT2D eigenvalue weighted by molar-refractivity contribution is 5.55. The van der Waals surface area contributed by atoms with Crippen molar-refractivity contribution in [3.05, 3.63) is 55.7 Å².